The van der Waals surface area contributed by atoms with Crippen LogP contribution in [0.2, 0.25) is 0 Å². The van der Waals surface area contributed by atoms with Gasteiger partial charge in [-0.05, 0) is 61.2 Å². The van der Waals surface area contributed by atoms with Crippen LogP contribution in [0.3, 0.4) is 0 Å². The van der Waals surface area contributed by atoms with Crippen molar-refractivity contribution in [2.45, 2.75) is 57.7 Å². The Morgan fingerprint density at radius 3 is 2.31 bits per heavy atom. The van der Waals surface area contributed by atoms with Crippen molar-refractivity contribution in [2.24, 2.45) is 0 Å². The highest BCUT2D eigenvalue weighted by Crippen LogP contribution is 2.26. The van der Waals surface area contributed by atoms with Gasteiger partial charge in [-0.25, -0.2) is 0 Å². The molecule has 6 heteroatoms. The predicted molar refractivity (Wildman–Crippen MR) is 143 cm³/mol. The maximum Gasteiger partial charge on any atom is 0.251 e. The first-order valence-electron chi connectivity index (χ1n) is 12.7. The van der Waals surface area contributed by atoms with Gasteiger partial charge in [0.2, 0.25) is 5.91 Å². The van der Waals surface area contributed by atoms with Gasteiger partial charge in [-0.15, -0.1) is 0 Å². The maximum absolute atomic E-state index is 13.6. The Balaban J connectivity index is 1.56. The van der Waals surface area contributed by atoms with Crippen molar-refractivity contribution >= 4 is 17.5 Å². The van der Waals surface area contributed by atoms with Crippen molar-refractivity contribution in [1.82, 2.24) is 10.6 Å². The molecular formula is C30H35N3O3. The molecule has 1 atom stereocenters. The van der Waals surface area contributed by atoms with E-state index in [1.807, 2.05) is 73.7 Å². The average Bonchev–Trinajstić information content (AvgIpc) is 2.92. The van der Waals surface area contributed by atoms with Gasteiger partial charge in [0.15, 0.2) is 0 Å². The molecule has 0 spiro atoms. The van der Waals surface area contributed by atoms with Gasteiger partial charge in [-0.2, -0.15) is 0 Å². The van der Waals surface area contributed by atoms with Crippen LogP contribution in [-0.2, 0) is 11.3 Å². The van der Waals surface area contributed by atoms with Gasteiger partial charge in [0.05, 0.1) is 7.11 Å². The molecule has 0 aromatic heterocycles. The quantitative estimate of drug-likeness (QED) is 0.372. The third-order valence-electron chi connectivity index (χ3n) is 6.70. The summed E-state index contributed by atoms with van der Waals surface area (Å²) in [6.07, 6.45) is 5.46. The molecule has 1 unspecified atom stereocenters. The van der Waals surface area contributed by atoms with E-state index in [4.69, 9.17) is 4.74 Å². The van der Waals surface area contributed by atoms with Gasteiger partial charge in [-0.3, -0.25) is 9.59 Å². The third-order valence-corrected chi connectivity index (χ3v) is 6.70. The van der Waals surface area contributed by atoms with E-state index < -0.39 is 6.04 Å². The van der Waals surface area contributed by atoms with Crippen LogP contribution in [0.25, 0.3) is 0 Å². The number of benzene rings is 3. The zero-order valence-electron chi connectivity index (χ0n) is 21.1. The van der Waals surface area contributed by atoms with Crippen LogP contribution in [0.5, 0.6) is 5.75 Å². The Morgan fingerprint density at radius 2 is 1.61 bits per heavy atom. The van der Waals surface area contributed by atoms with E-state index in [2.05, 4.69) is 16.0 Å². The summed E-state index contributed by atoms with van der Waals surface area (Å²) in [5.41, 5.74) is 4.07. The van der Waals surface area contributed by atoms with Gasteiger partial charge in [0.25, 0.3) is 5.91 Å². The van der Waals surface area contributed by atoms with Crippen LogP contribution >= 0.6 is 0 Å². The molecule has 0 heterocycles. The highest BCUT2D eigenvalue weighted by Gasteiger charge is 2.27. The van der Waals surface area contributed by atoms with Crippen molar-refractivity contribution < 1.29 is 14.3 Å². The summed E-state index contributed by atoms with van der Waals surface area (Å²) in [5.74, 6) is 0.435. The summed E-state index contributed by atoms with van der Waals surface area (Å²) in [5, 5.41) is 9.63. The van der Waals surface area contributed by atoms with Crippen molar-refractivity contribution in [3.63, 3.8) is 0 Å². The molecule has 4 rings (SSSR count). The van der Waals surface area contributed by atoms with Crippen LogP contribution in [-0.4, -0.2) is 25.0 Å². The fraction of sp³-hybridized carbons (Fsp3) is 0.333. The number of aryl methyl sites for hydroxylation is 1. The average molecular weight is 486 g/mol. The lowest BCUT2D eigenvalue weighted by Crippen LogP contribution is -2.42. The molecule has 188 valence electrons. The van der Waals surface area contributed by atoms with Crippen molar-refractivity contribution in [3.05, 3.63) is 95.1 Å². The maximum atomic E-state index is 13.6. The number of ether oxygens (including phenoxy) is 1. The van der Waals surface area contributed by atoms with Gasteiger partial charge in [0.1, 0.15) is 11.8 Å². The zero-order valence-corrected chi connectivity index (χ0v) is 21.1. The first-order valence-corrected chi connectivity index (χ1v) is 12.7. The Labute approximate surface area is 213 Å². The van der Waals surface area contributed by atoms with Gasteiger partial charge in [0, 0.05) is 23.8 Å². The van der Waals surface area contributed by atoms with Crippen molar-refractivity contribution in [2.75, 3.05) is 12.4 Å². The Hall–Kier alpha value is -3.80. The van der Waals surface area contributed by atoms with Crippen LogP contribution in [0, 0.1) is 6.92 Å². The predicted octanol–water partition coefficient (Wildman–Crippen LogP) is 5.54. The number of hydrogen-bond donors (Lipinski definition) is 3. The molecule has 3 N–H and O–H groups in total. The summed E-state index contributed by atoms with van der Waals surface area (Å²) in [6, 6.07) is 22.3. The fourth-order valence-corrected chi connectivity index (χ4v) is 4.61. The zero-order chi connectivity index (χ0) is 25.3. The molecular weight excluding hydrogens is 450 g/mol. The minimum absolute atomic E-state index is 0.113. The van der Waals surface area contributed by atoms with Crippen LogP contribution in [0.15, 0.2) is 72.8 Å². The second-order valence-electron chi connectivity index (χ2n) is 9.40. The van der Waals surface area contributed by atoms with Gasteiger partial charge in [-0.1, -0.05) is 67.3 Å². The summed E-state index contributed by atoms with van der Waals surface area (Å²) in [7, 11) is 1.62. The van der Waals surface area contributed by atoms with Crippen LogP contribution < -0.4 is 20.7 Å². The van der Waals surface area contributed by atoms with Crippen molar-refractivity contribution in [1.29, 1.82) is 0 Å². The molecule has 1 aliphatic rings. The van der Waals surface area contributed by atoms with Crippen molar-refractivity contribution in [3.8, 4) is 5.75 Å². The number of methoxy groups -OCH3 is 1. The second kappa shape index (κ2) is 12.2. The second-order valence-corrected chi connectivity index (χ2v) is 9.40. The summed E-state index contributed by atoms with van der Waals surface area (Å²) in [4.78, 5) is 26.9. The number of rotatable bonds is 9. The molecule has 3 aromatic carbocycles. The number of anilines is 1. The lowest BCUT2D eigenvalue weighted by molar-refractivity contribution is -0.122. The van der Waals surface area contributed by atoms with E-state index in [-0.39, 0.29) is 17.9 Å². The van der Waals surface area contributed by atoms with Gasteiger partial charge >= 0.3 is 0 Å². The molecule has 0 aliphatic heterocycles. The number of carbonyl (C=O) groups is 2. The highest BCUT2D eigenvalue weighted by atomic mass is 16.5. The number of amides is 2. The smallest absolute Gasteiger partial charge is 0.251 e. The minimum atomic E-state index is -0.697. The monoisotopic (exact) mass is 485 g/mol. The largest absolute Gasteiger partial charge is 0.497 e. The lowest BCUT2D eigenvalue weighted by Gasteiger charge is -2.27. The Morgan fingerprint density at radius 1 is 0.917 bits per heavy atom. The van der Waals surface area contributed by atoms with Gasteiger partial charge < -0.3 is 20.7 Å². The summed E-state index contributed by atoms with van der Waals surface area (Å²) < 4.78 is 5.21. The van der Waals surface area contributed by atoms with E-state index >= 15 is 0 Å². The SMILES string of the molecule is COc1ccc(CNC(=O)c2ccccc2C(Nc2ccc(C)cc2)C(=O)NC2CCCCC2)cc1. The molecule has 6 nitrogen and oxygen atoms in total. The van der Waals surface area contributed by atoms with E-state index in [0.29, 0.717) is 17.7 Å². The molecule has 3 aromatic rings. The fourth-order valence-electron chi connectivity index (χ4n) is 4.61. The molecule has 0 saturated heterocycles. The first-order chi connectivity index (χ1) is 17.5. The molecule has 36 heavy (non-hydrogen) atoms. The lowest BCUT2D eigenvalue weighted by atomic mass is 9.94. The highest BCUT2D eigenvalue weighted by molar-refractivity contribution is 5.98. The van der Waals surface area contributed by atoms with Crippen LogP contribution in [0.4, 0.5) is 5.69 Å². The number of carbonyl (C=O) groups excluding carboxylic acids is 2. The van der Waals surface area contributed by atoms with E-state index in [1.54, 1.807) is 13.2 Å². The minimum Gasteiger partial charge on any atom is -0.497 e. The Kier molecular flexibility index (Phi) is 8.61. The normalized spacial score (nSPS) is 14.5. The number of nitrogens with one attached hydrogen (secondary N) is 3. The summed E-state index contributed by atoms with van der Waals surface area (Å²) >= 11 is 0. The molecule has 0 radical (unpaired) electrons. The third kappa shape index (κ3) is 6.66. The molecule has 2 amide bonds. The Bertz CT molecular complexity index is 1150. The standard InChI is InChI=1S/C30H35N3O3/c1-21-12-16-24(17-13-21)32-28(30(35)33-23-8-4-3-5-9-23)26-10-6-7-11-27(26)29(34)31-20-22-14-18-25(36-2)19-15-22/h6-7,10-19,23,28,32H,3-5,8-9,20H2,1-2H3,(H,31,34)(H,33,35). The molecule has 1 fully saturated rings. The molecule has 1 saturated carbocycles. The topological polar surface area (TPSA) is 79.5 Å². The number of hydrogen-bond acceptors (Lipinski definition) is 4. The van der Waals surface area contributed by atoms with Crippen LogP contribution in [0.1, 0.15) is 65.2 Å². The first kappa shape index (κ1) is 25.3. The molecule has 0 bridgehead atoms. The van der Waals surface area contributed by atoms with E-state index in [0.717, 1.165) is 48.2 Å². The summed E-state index contributed by atoms with van der Waals surface area (Å²) in [6.45, 7) is 2.40. The van der Waals surface area contributed by atoms with E-state index in [1.165, 1.54) is 6.42 Å². The molecule has 1 aliphatic carbocycles. The van der Waals surface area contributed by atoms with E-state index in [9.17, 15) is 9.59 Å².